The minimum atomic E-state index is -0.0333. The van der Waals surface area contributed by atoms with Crippen LogP contribution in [0.15, 0.2) is 36.5 Å². The van der Waals surface area contributed by atoms with Crippen LogP contribution in [-0.4, -0.2) is 35.4 Å². The van der Waals surface area contributed by atoms with E-state index in [1.165, 1.54) is 36.8 Å². The molecule has 1 aliphatic heterocycles. The van der Waals surface area contributed by atoms with Gasteiger partial charge in [-0.2, -0.15) is 0 Å². The van der Waals surface area contributed by atoms with E-state index in [4.69, 9.17) is 11.6 Å². The Morgan fingerprint density at radius 3 is 2.63 bits per heavy atom. The Morgan fingerprint density at radius 2 is 1.85 bits per heavy atom. The van der Waals surface area contributed by atoms with Crippen molar-refractivity contribution in [1.29, 1.82) is 0 Å². The zero-order chi connectivity index (χ0) is 18.6. The number of pyridine rings is 1. The Labute approximate surface area is 165 Å². The van der Waals surface area contributed by atoms with E-state index in [1.54, 1.807) is 6.20 Å². The number of carbonyl (C=O) groups is 1. The number of nitrogens with one attached hydrogen (secondary N) is 1. The van der Waals surface area contributed by atoms with Crippen molar-refractivity contribution in [2.75, 3.05) is 19.6 Å². The van der Waals surface area contributed by atoms with Crippen molar-refractivity contribution in [3.63, 3.8) is 0 Å². The van der Waals surface area contributed by atoms with Crippen molar-refractivity contribution in [3.8, 4) is 0 Å². The van der Waals surface area contributed by atoms with Crippen molar-refractivity contribution < 1.29 is 4.79 Å². The molecule has 4 nitrogen and oxygen atoms in total. The van der Waals surface area contributed by atoms with Gasteiger partial charge in [-0.3, -0.25) is 14.7 Å². The number of hydrogen-bond donors (Lipinski definition) is 1. The molecule has 0 unspecified atom stereocenters. The Morgan fingerprint density at radius 1 is 1.11 bits per heavy atom. The van der Waals surface area contributed by atoms with Gasteiger partial charge in [-0.15, -0.1) is 0 Å². The summed E-state index contributed by atoms with van der Waals surface area (Å²) in [5.41, 5.74) is 4.27. The van der Waals surface area contributed by atoms with E-state index >= 15 is 0 Å². The van der Waals surface area contributed by atoms with Gasteiger partial charge in [-0.1, -0.05) is 23.7 Å². The lowest BCUT2D eigenvalue weighted by Crippen LogP contribution is -2.37. The van der Waals surface area contributed by atoms with Gasteiger partial charge in [0.25, 0.3) is 5.91 Å². The average molecular weight is 384 g/mol. The third kappa shape index (κ3) is 4.33. The van der Waals surface area contributed by atoms with Gasteiger partial charge in [0.1, 0.15) is 0 Å². The van der Waals surface area contributed by atoms with E-state index in [1.807, 2.05) is 18.2 Å². The number of aryl methyl sites for hydroxylation is 2. The molecule has 2 aliphatic rings. The first-order chi connectivity index (χ1) is 13.2. The maximum absolute atomic E-state index is 12.7. The van der Waals surface area contributed by atoms with Gasteiger partial charge in [0.2, 0.25) is 0 Å². The minimum absolute atomic E-state index is 0.0333. The minimum Gasteiger partial charge on any atom is -0.350 e. The van der Waals surface area contributed by atoms with Crippen molar-refractivity contribution in [2.45, 2.75) is 44.6 Å². The first kappa shape index (κ1) is 18.5. The van der Waals surface area contributed by atoms with E-state index in [0.717, 1.165) is 36.6 Å². The maximum Gasteiger partial charge on any atom is 0.252 e. The standard InChI is InChI=1S/C22H26ClN3O/c23-19-9-7-16(8-10-19)21(26-11-3-4-12-26)15-25-22(27)18-13-17-5-1-2-6-20(17)24-14-18/h7-10,13-14,21H,1-6,11-12,15H2,(H,25,27)/t21-/m0/s1. The third-order valence-electron chi connectivity index (χ3n) is 5.72. The molecule has 1 aromatic heterocycles. The summed E-state index contributed by atoms with van der Waals surface area (Å²) >= 11 is 6.05. The second kappa shape index (κ2) is 8.41. The number of halogens is 1. The smallest absolute Gasteiger partial charge is 0.252 e. The zero-order valence-corrected chi connectivity index (χ0v) is 16.3. The summed E-state index contributed by atoms with van der Waals surface area (Å²) in [6.07, 6.45) is 8.61. The van der Waals surface area contributed by atoms with Crippen LogP contribution in [0.5, 0.6) is 0 Å². The summed E-state index contributed by atoms with van der Waals surface area (Å²) in [6, 6.07) is 10.2. The molecule has 0 radical (unpaired) electrons. The van der Waals surface area contributed by atoms with Crippen LogP contribution in [0.1, 0.15) is 58.9 Å². The SMILES string of the molecule is O=C(NC[C@@H](c1ccc(Cl)cc1)N1CCCC1)c1cnc2c(c1)CCCC2. The second-order valence-corrected chi connectivity index (χ2v) is 7.99. The van der Waals surface area contributed by atoms with Gasteiger partial charge in [-0.05, 0) is 80.9 Å². The summed E-state index contributed by atoms with van der Waals surface area (Å²) < 4.78 is 0. The molecule has 1 amide bonds. The van der Waals surface area contributed by atoms with Crippen molar-refractivity contribution in [1.82, 2.24) is 15.2 Å². The van der Waals surface area contributed by atoms with E-state index in [0.29, 0.717) is 12.1 Å². The Balaban J connectivity index is 1.47. The van der Waals surface area contributed by atoms with Crippen LogP contribution >= 0.6 is 11.6 Å². The second-order valence-electron chi connectivity index (χ2n) is 7.56. The first-order valence-corrected chi connectivity index (χ1v) is 10.3. The highest BCUT2D eigenvalue weighted by Gasteiger charge is 2.24. The highest BCUT2D eigenvalue weighted by atomic mass is 35.5. The normalized spacial score (nSPS) is 18.1. The van der Waals surface area contributed by atoms with Gasteiger partial charge >= 0.3 is 0 Å². The predicted octanol–water partition coefficient (Wildman–Crippen LogP) is 4.18. The van der Waals surface area contributed by atoms with Crippen LogP contribution < -0.4 is 5.32 Å². The van der Waals surface area contributed by atoms with Crippen LogP contribution in [0, 0.1) is 0 Å². The van der Waals surface area contributed by atoms with Crippen LogP contribution in [-0.2, 0) is 12.8 Å². The number of amides is 1. The van der Waals surface area contributed by atoms with E-state index in [2.05, 4.69) is 27.3 Å². The summed E-state index contributed by atoms with van der Waals surface area (Å²) in [5.74, 6) is -0.0333. The lowest BCUT2D eigenvalue weighted by atomic mass is 9.95. The molecule has 1 N–H and O–H groups in total. The van der Waals surface area contributed by atoms with Gasteiger partial charge in [0.05, 0.1) is 11.6 Å². The van der Waals surface area contributed by atoms with Crippen LogP contribution in [0.2, 0.25) is 5.02 Å². The van der Waals surface area contributed by atoms with Gasteiger partial charge < -0.3 is 5.32 Å². The molecule has 1 aliphatic carbocycles. The van der Waals surface area contributed by atoms with Gasteiger partial charge in [-0.25, -0.2) is 0 Å². The van der Waals surface area contributed by atoms with Crippen molar-refractivity contribution in [3.05, 3.63) is 63.9 Å². The fourth-order valence-electron chi connectivity index (χ4n) is 4.20. The summed E-state index contributed by atoms with van der Waals surface area (Å²) in [4.78, 5) is 19.7. The Kier molecular flexibility index (Phi) is 5.74. The maximum atomic E-state index is 12.7. The molecule has 4 rings (SSSR count). The van der Waals surface area contributed by atoms with Gasteiger partial charge in [0.15, 0.2) is 0 Å². The zero-order valence-electron chi connectivity index (χ0n) is 15.6. The van der Waals surface area contributed by atoms with Crippen LogP contribution in [0.4, 0.5) is 0 Å². The molecular weight excluding hydrogens is 358 g/mol. The van der Waals surface area contributed by atoms with Crippen molar-refractivity contribution >= 4 is 17.5 Å². The number of hydrogen-bond acceptors (Lipinski definition) is 3. The molecular formula is C22H26ClN3O. The van der Waals surface area contributed by atoms with E-state index in [-0.39, 0.29) is 11.9 Å². The number of nitrogens with zero attached hydrogens (tertiary/aromatic N) is 2. The molecule has 2 aromatic rings. The largest absolute Gasteiger partial charge is 0.350 e. The van der Waals surface area contributed by atoms with Crippen LogP contribution in [0.25, 0.3) is 0 Å². The average Bonchev–Trinajstić information content (AvgIpc) is 3.23. The number of likely N-dealkylation sites (tertiary alicyclic amines) is 1. The Bertz CT molecular complexity index is 800. The van der Waals surface area contributed by atoms with Crippen molar-refractivity contribution in [2.24, 2.45) is 0 Å². The topological polar surface area (TPSA) is 45.2 Å². The lowest BCUT2D eigenvalue weighted by molar-refractivity contribution is 0.0937. The number of rotatable bonds is 5. The number of aromatic nitrogens is 1. The molecule has 0 bridgehead atoms. The molecule has 1 aromatic carbocycles. The number of fused-ring (bicyclic) bond motifs is 1. The third-order valence-corrected chi connectivity index (χ3v) is 5.98. The molecule has 1 fully saturated rings. The monoisotopic (exact) mass is 383 g/mol. The molecule has 0 spiro atoms. The highest BCUT2D eigenvalue weighted by Crippen LogP contribution is 2.26. The first-order valence-electron chi connectivity index (χ1n) is 9.96. The molecule has 0 saturated carbocycles. The van der Waals surface area contributed by atoms with Crippen LogP contribution in [0.3, 0.4) is 0 Å². The fraction of sp³-hybridized carbons (Fsp3) is 0.455. The molecule has 142 valence electrons. The Hall–Kier alpha value is -1.91. The molecule has 5 heteroatoms. The summed E-state index contributed by atoms with van der Waals surface area (Å²) in [5, 5.41) is 3.88. The highest BCUT2D eigenvalue weighted by molar-refractivity contribution is 6.30. The quantitative estimate of drug-likeness (QED) is 0.842. The number of carbonyl (C=O) groups excluding carboxylic acids is 1. The molecule has 2 heterocycles. The van der Waals surface area contributed by atoms with Gasteiger partial charge in [0, 0.05) is 23.5 Å². The predicted molar refractivity (Wildman–Crippen MR) is 108 cm³/mol. The van der Waals surface area contributed by atoms with E-state index < -0.39 is 0 Å². The molecule has 1 saturated heterocycles. The molecule has 1 atom stereocenters. The summed E-state index contributed by atoms with van der Waals surface area (Å²) in [7, 11) is 0. The number of benzene rings is 1. The van der Waals surface area contributed by atoms with E-state index in [9.17, 15) is 4.79 Å². The summed E-state index contributed by atoms with van der Waals surface area (Å²) in [6.45, 7) is 2.74. The fourth-order valence-corrected chi connectivity index (χ4v) is 4.33. The molecule has 27 heavy (non-hydrogen) atoms. The lowest BCUT2D eigenvalue weighted by Gasteiger charge is -2.28.